The Kier molecular flexibility index (Phi) is 2.59. The van der Waals surface area contributed by atoms with Gasteiger partial charge < -0.3 is 14.3 Å². The minimum Gasteiger partial charge on any atom is -0.506 e. The van der Waals surface area contributed by atoms with E-state index >= 15 is 0 Å². The minimum atomic E-state index is -0.414. The molecule has 2 rings (SSSR count). The molecule has 1 heterocycles. The van der Waals surface area contributed by atoms with E-state index in [0.29, 0.717) is 12.0 Å². The van der Waals surface area contributed by atoms with Crippen molar-refractivity contribution in [3.63, 3.8) is 0 Å². The summed E-state index contributed by atoms with van der Waals surface area (Å²) in [7, 11) is 1.36. The molecule has 0 amide bonds. The van der Waals surface area contributed by atoms with Gasteiger partial charge in [-0.15, -0.1) is 0 Å². The second-order valence-electron chi connectivity index (χ2n) is 3.55. The van der Waals surface area contributed by atoms with Crippen molar-refractivity contribution in [1.29, 1.82) is 0 Å². The zero-order valence-electron chi connectivity index (χ0n) is 9.31. The number of carbonyl (C=O) groups excluding carboxylic acids is 1. The van der Waals surface area contributed by atoms with E-state index in [1.54, 1.807) is 6.92 Å². The number of aromatic hydroxyl groups is 1. The molecule has 5 nitrogen and oxygen atoms in total. The summed E-state index contributed by atoms with van der Waals surface area (Å²) < 4.78 is 10.3. The van der Waals surface area contributed by atoms with Crippen LogP contribution < -0.4 is 10.2 Å². The lowest BCUT2D eigenvalue weighted by atomic mass is 10.1. The molecule has 0 radical (unpaired) electrons. The van der Waals surface area contributed by atoms with Crippen LogP contribution in [0.5, 0.6) is 11.5 Å². The van der Waals surface area contributed by atoms with E-state index in [-0.39, 0.29) is 22.3 Å². The third-order valence-corrected chi connectivity index (χ3v) is 2.46. The molecular formula is C12H10O5. The summed E-state index contributed by atoms with van der Waals surface area (Å²) in [6.07, 6.45) is 0.437. The first-order chi connectivity index (χ1) is 8.08. The summed E-state index contributed by atoms with van der Waals surface area (Å²) in [6.45, 7) is 1.62. The molecule has 0 atom stereocenters. The van der Waals surface area contributed by atoms with Gasteiger partial charge in [0.25, 0.3) is 0 Å². The lowest BCUT2D eigenvalue weighted by Crippen LogP contribution is -2.03. The summed E-state index contributed by atoms with van der Waals surface area (Å²) in [6, 6.07) is 2.66. The quantitative estimate of drug-likeness (QED) is 0.799. The zero-order chi connectivity index (χ0) is 12.6. The fourth-order valence-corrected chi connectivity index (χ4v) is 1.70. The Bertz CT molecular complexity index is 654. The summed E-state index contributed by atoms with van der Waals surface area (Å²) >= 11 is 0. The first kappa shape index (κ1) is 11.2. The number of fused-ring (bicyclic) bond motifs is 1. The van der Waals surface area contributed by atoms with Crippen molar-refractivity contribution in [1.82, 2.24) is 0 Å². The third kappa shape index (κ3) is 1.65. The fraction of sp³-hybridized carbons (Fsp3) is 0.167. The van der Waals surface area contributed by atoms with Gasteiger partial charge in [-0.3, -0.25) is 9.59 Å². The van der Waals surface area contributed by atoms with Gasteiger partial charge in [-0.1, -0.05) is 0 Å². The Morgan fingerprint density at radius 3 is 2.71 bits per heavy atom. The molecule has 1 N–H and O–H groups in total. The topological polar surface area (TPSA) is 76.7 Å². The number of hydrogen-bond acceptors (Lipinski definition) is 5. The van der Waals surface area contributed by atoms with E-state index in [1.165, 1.54) is 19.2 Å². The van der Waals surface area contributed by atoms with Crippen LogP contribution in [0, 0.1) is 6.92 Å². The van der Waals surface area contributed by atoms with Crippen LogP contribution in [0.2, 0.25) is 0 Å². The molecule has 0 unspecified atom stereocenters. The average Bonchev–Trinajstić information content (AvgIpc) is 2.27. The number of hydrogen-bond donors (Lipinski definition) is 1. The molecule has 88 valence electrons. The van der Waals surface area contributed by atoms with Gasteiger partial charge in [0.1, 0.15) is 28.2 Å². The molecule has 0 aliphatic rings. The summed E-state index contributed by atoms with van der Waals surface area (Å²) in [5.74, 6) is 0.171. The second kappa shape index (κ2) is 3.93. The monoisotopic (exact) mass is 234 g/mol. The average molecular weight is 234 g/mol. The summed E-state index contributed by atoms with van der Waals surface area (Å²) in [5, 5.41) is 9.85. The van der Waals surface area contributed by atoms with E-state index in [4.69, 9.17) is 9.15 Å². The van der Waals surface area contributed by atoms with Crippen molar-refractivity contribution in [2.24, 2.45) is 0 Å². The largest absolute Gasteiger partial charge is 0.506 e. The van der Waals surface area contributed by atoms with Crippen molar-refractivity contribution < 1.29 is 19.1 Å². The number of carbonyl (C=O) groups is 1. The van der Waals surface area contributed by atoms with Crippen molar-refractivity contribution in [3.05, 3.63) is 33.7 Å². The van der Waals surface area contributed by atoms with E-state index in [0.717, 1.165) is 0 Å². The Labute approximate surface area is 96.2 Å². The van der Waals surface area contributed by atoms with Crippen LogP contribution in [0.3, 0.4) is 0 Å². The molecule has 0 spiro atoms. The van der Waals surface area contributed by atoms with Crippen molar-refractivity contribution in [2.45, 2.75) is 6.92 Å². The lowest BCUT2D eigenvalue weighted by Gasteiger charge is -2.08. The van der Waals surface area contributed by atoms with Gasteiger partial charge in [-0.05, 0) is 6.92 Å². The Balaban J connectivity index is 3.00. The highest BCUT2D eigenvalue weighted by Crippen LogP contribution is 2.33. The van der Waals surface area contributed by atoms with Gasteiger partial charge in [0, 0.05) is 12.1 Å². The first-order valence-corrected chi connectivity index (χ1v) is 4.88. The maximum absolute atomic E-state index is 11.7. The van der Waals surface area contributed by atoms with Crippen LogP contribution >= 0.6 is 0 Å². The Hall–Kier alpha value is -2.30. The number of benzene rings is 1. The molecule has 1 aromatic heterocycles. The molecule has 0 saturated carbocycles. The molecule has 0 saturated heterocycles. The van der Waals surface area contributed by atoms with E-state index in [2.05, 4.69) is 0 Å². The van der Waals surface area contributed by atoms with Crippen LogP contribution in [0.25, 0.3) is 11.0 Å². The molecular weight excluding hydrogens is 224 g/mol. The van der Waals surface area contributed by atoms with Crippen LogP contribution in [-0.4, -0.2) is 18.5 Å². The molecule has 0 bridgehead atoms. The van der Waals surface area contributed by atoms with E-state index in [9.17, 15) is 14.7 Å². The van der Waals surface area contributed by atoms with Crippen molar-refractivity contribution in [2.75, 3.05) is 7.11 Å². The molecule has 0 aliphatic carbocycles. The normalized spacial score (nSPS) is 10.5. The summed E-state index contributed by atoms with van der Waals surface area (Å²) in [5.41, 5.74) is -0.266. The van der Waals surface area contributed by atoms with Gasteiger partial charge in [0.05, 0.1) is 12.7 Å². The number of phenolic OH excluding ortho intramolecular Hbond substituents is 1. The number of phenols is 1. The highest BCUT2D eigenvalue weighted by Gasteiger charge is 2.16. The van der Waals surface area contributed by atoms with Gasteiger partial charge in [-0.2, -0.15) is 0 Å². The van der Waals surface area contributed by atoms with E-state index in [1.807, 2.05) is 0 Å². The predicted octanol–water partition coefficient (Wildman–Crippen LogP) is 1.63. The number of aryl methyl sites for hydroxylation is 1. The van der Waals surface area contributed by atoms with Crippen LogP contribution in [0.1, 0.15) is 16.1 Å². The molecule has 17 heavy (non-hydrogen) atoms. The van der Waals surface area contributed by atoms with Crippen LogP contribution in [0.15, 0.2) is 21.3 Å². The molecule has 1 aromatic carbocycles. The molecule has 5 heteroatoms. The molecule has 2 aromatic rings. The maximum atomic E-state index is 11.7. The van der Waals surface area contributed by atoms with Gasteiger partial charge in [0.15, 0.2) is 11.7 Å². The minimum absolute atomic E-state index is 0.0153. The number of rotatable bonds is 2. The van der Waals surface area contributed by atoms with Crippen LogP contribution in [0.4, 0.5) is 0 Å². The number of ether oxygens (including phenoxy) is 1. The maximum Gasteiger partial charge on any atom is 0.196 e. The van der Waals surface area contributed by atoms with Crippen molar-refractivity contribution >= 4 is 17.3 Å². The number of aldehydes is 1. The SMILES string of the molecule is COc1cc2oc(C)cc(=O)c2c(O)c1C=O. The van der Waals surface area contributed by atoms with Gasteiger partial charge in [0.2, 0.25) is 0 Å². The summed E-state index contributed by atoms with van der Waals surface area (Å²) in [4.78, 5) is 22.6. The van der Waals surface area contributed by atoms with E-state index < -0.39 is 11.2 Å². The third-order valence-electron chi connectivity index (χ3n) is 2.46. The molecule has 0 fully saturated rings. The smallest absolute Gasteiger partial charge is 0.196 e. The standard InChI is InChI=1S/C12H10O5/c1-6-3-8(14)11-10(17-6)4-9(16-2)7(5-13)12(11)15/h3-5,15H,1-2H3. The van der Waals surface area contributed by atoms with Gasteiger partial charge in [-0.25, -0.2) is 0 Å². The number of methoxy groups -OCH3 is 1. The first-order valence-electron chi connectivity index (χ1n) is 4.88. The lowest BCUT2D eigenvalue weighted by molar-refractivity contribution is 0.111. The van der Waals surface area contributed by atoms with Gasteiger partial charge >= 0.3 is 0 Å². The Morgan fingerprint density at radius 1 is 1.41 bits per heavy atom. The van der Waals surface area contributed by atoms with Crippen LogP contribution in [-0.2, 0) is 0 Å². The Morgan fingerprint density at radius 2 is 2.12 bits per heavy atom. The fourth-order valence-electron chi connectivity index (χ4n) is 1.70. The second-order valence-corrected chi connectivity index (χ2v) is 3.55. The highest BCUT2D eigenvalue weighted by atomic mass is 16.5. The molecule has 0 aliphatic heterocycles. The predicted molar refractivity (Wildman–Crippen MR) is 60.8 cm³/mol. The highest BCUT2D eigenvalue weighted by molar-refractivity contribution is 5.96. The zero-order valence-corrected chi connectivity index (χ0v) is 9.31. The van der Waals surface area contributed by atoms with Crippen molar-refractivity contribution in [3.8, 4) is 11.5 Å².